The average molecular weight is 165 g/mol. The zero-order valence-electron chi connectivity index (χ0n) is 8.09. The van der Waals surface area contributed by atoms with Crippen molar-refractivity contribution in [1.82, 2.24) is 4.98 Å². The maximum Gasteiger partial charge on any atom is 0.216 e. The summed E-state index contributed by atoms with van der Waals surface area (Å²) in [5.74, 6) is 0.746. The van der Waals surface area contributed by atoms with Crippen LogP contribution < -0.4 is 4.74 Å². The van der Waals surface area contributed by atoms with E-state index in [2.05, 4.69) is 11.1 Å². The van der Waals surface area contributed by atoms with E-state index in [1.165, 1.54) is 5.56 Å². The molecule has 1 rings (SSSR count). The average Bonchev–Trinajstić information content (AvgIpc) is 1.94. The van der Waals surface area contributed by atoms with Crippen molar-refractivity contribution in [2.24, 2.45) is 0 Å². The Morgan fingerprint density at radius 2 is 2.00 bits per heavy atom. The van der Waals surface area contributed by atoms with Crippen molar-refractivity contribution < 1.29 is 4.74 Å². The number of hydrogen-bond donors (Lipinski definition) is 0. The van der Waals surface area contributed by atoms with Crippen LogP contribution in [0.5, 0.6) is 5.88 Å². The van der Waals surface area contributed by atoms with Gasteiger partial charge < -0.3 is 4.74 Å². The van der Waals surface area contributed by atoms with Crippen LogP contribution in [0.15, 0.2) is 12.3 Å². The molecule has 0 atom stereocenters. The molecule has 1 aromatic heterocycles. The fourth-order valence-corrected chi connectivity index (χ4v) is 1.05. The fraction of sp³-hybridized carbons (Fsp3) is 0.500. The molecule has 0 bridgehead atoms. The maximum absolute atomic E-state index is 5.49. The Morgan fingerprint density at radius 1 is 1.33 bits per heavy atom. The Balaban J connectivity index is 2.86. The van der Waals surface area contributed by atoms with Gasteiger partial charge in [0.1, 0.15) is 0 Å². The fourth-order valence-electron chi connectivity index (χ4n) is 1.05. The molecule has 66 valence electrons. The van der Waals surface area contributed by atoms with Gasteiger partial charge in [-0.25, -0.2) is 4.98 Å². The molecule has 0 aromatic carbocycles. The van der Waals surface area contributed by atoms with Gasteiger partial charge in [0.15, 0.2) is 0 Å². The molecule has 0 amide bonds. The molecule has 0 radical (unpaired) electrons. The summed E-state index contributed by atoms with van der Waals surface area (Å²) in [6.07, 6.45) is 2.02. The van der Waals surface area contributed by atoms with E-state index in [4.69, 9.17) is 4.74 Å². The first-order valence-corrected chi connectivity index (χ1v) is 4.19. The third-order valence-electron chi connectivity index (χ3n) is 1.51. The Morgan fingerprint density at radius 3 is 2.50 bits per heavy atom. The Labute approximate surface area is 73.6 Å². The number of hydrogen-bond acceptors (Lipinski definition) is 2. The van der Waals surface area contributed by atoms with E-state index in [1.807, 2.05) is 33.9 Å². The van der Waals surface area contributed by atoms with Crippen LogP contribution in [0, 0.1) is 13.8 Å². The van der Waals surface area contributed by atoms with E-state index in [1.54, 1.807) is 0 Å². The number of rotatable bonds is 2. The summed E-state index contributed by atoms with van der Waals surface area (Å²) in [5.41, 5.74) is 2.27. The van der Waals surface area contributed by atoms with Crippen molar-refractivity contribution in [3.63, 3.8) is 0 Å². The molecular formula is C10H15NO. The largest absolute Gasteiger partial charge is 0.475 e. The van der Waals surface area contributed by atoms with E-state index in [9.17, 15) is 0 Å². The highest BCUT2D eigenvalue weighted by Gasteiger charge is 2.02. The van der Waals surface area contributed by atoms with Gasteiger partial charge in [0.25, 0.3) is 0 Å². The lowest BCUT2D eigenvalue weighted by Gasteiger charge is -2.10. The maximum atomic E-state index is 5.49. The molecule has 2 nitrogen and oxygen atoms in total. The van der Waals surface area contributed by atoms with E-state index < -0.39 is 0 Å². The van der Waals surface area contributed by atoms with Crippen molar-refractivity contribution in [2.45, 2.75) is 33.8 Å². The highest BCUT2D eigenvalue weighted by Crippen LogP contribution is 2.15. The number of pyridine rings is 1. The SMILES string of the molecule is Cc1cnc(OC(C)C)c(C)c1. The smallest absolute Gasteiger partial charge is 0.216 e. The van der Waals surface area contributed by atoms with Crippen molar-refractivity contribution in [3.05, 3.63) is 23.4 Å². The van der Waals surface area contributed by atoms with Gasteiger partial charge >= 0.3 is 0 Å². The van der Waals surface area contributed by atoms with Crippen molar-refractivity contribution in [1.29, 1.82) is 0 Å². The van der Waals surface area contributed by atoms with E-state index in [-0.39, 0.29) is 6.10 Å². The van der Waals surface area contributed by atoms with Crippen LogP contribution >= 0.6 is 0 Å². The van der Waals surface area contributed by atoms with E-state index in [0.29, 0.717) is 0 Å². The van der Waals surface area contributed by atoms with Crippen LogP contribution in [0.2, 0.25) is 0 Å². The van der Waals surface area contributed by atoms with Gasteiger partial charge in [0, 0.05) is 11.8 Å². The van der Waals surface area contributed by atoms with Crippen LogP contribution in [0.25, 0.3) is 0 Å². The van der Waals surface area contributed by atoms with E-state index in [0.717, 1.165) is 11.4 Å². The highest BCUT2D eigenvalue weighted by molar-refractivity contribution is 5.27. The minimum absolute atomic E-state index is 0.193. The van der Waals surface area contributed by atoms with Crippen LogP contribution in [-0.4, -0.2) is 11.1 Å². The molecule has 1 aromatic rings. The zero-order valence-corrected chi connectivity index (χ0v) is 8.09. The van der Waals surface area contributed by atoms with Gasteiger partial charge in [-0.15, -0.1) is 0 Å². The molecule has 0 aliphatic heterocycles. The third kappa shape index (κ3) is 2.22. The molecular weight excluding hydrogens is 150 g/mol. The molecule has 0 unspecified atom stereocenters. The first-order valence-electron chi connectivity index (χ1n) is 4.19. The van der Waals surface area contributed by atoms with Crippen LogP contribution in [-0.2, 0) is 0 Å². The Bertz CT molecular complexity index is 269. The normalized spacial score (nSPS) is 10.4. The molecule has 1 heterocycles. The van der Waals surface area contributed by atoms with Crippen molar-refractivity contribution in [2.75, 3.05) is 0 Å². The molecule has 0 spiro atoms. The minimum atomic E-state index is 0.193. The van der Waals surface area contributed by atoms with Gasteiger partial charge in [-0.1, -0.05) is 0 Å². The lowest BCUT2D eigenvalue weighted by molar-refractivity contribution is 0.231. The molecule has 0 fully saturated rings. The summed E-state index contributed by atoms with van der Waals surface area (Å²) in [4.78, 5) is 4.20. The number of aryl methyl sites for hydroxylation is 2. The van der Waals surface area contributed by atoms with E-state index >= 15 is 0 Å². The topological polar surface area (TPSA) is 22.1 Å². The third-order valence-corrected chi connectivity index (χ3v) is 1.51. The number of ether oxygens (including phenoxy) is 1. The van der Waals surface area contributed by atoms with Gasteiger partial charge in [-0.05, 0) is 39.3 Å². The predicted octanol–water partition coefficient (Wildman–Crippen LogP) is 2.49. The van der Waals surface area contributed by atoms with Gasteiger partial charge in [0.2, 0.25) is 5.88 Å². The molecule has 12 heavy (non-hydrogen) atoms. The van der Waals surface area contributed by atoms with Crippen molar-refractivity contribution in [3.8, 4) is 5.88 Å². The second-order valence-corrected chi connectivity index (χ2v) is 3.30. The summed E-state index contributed by atoms with van der Waals surface area (Å²) in [6.45, 7) is 8.04. The molecule has 0 saturated heterocycles. The number of aromatic nitrogens is 1. The second-order valence-electron chi connectivity index (χ2n) is 3.30. The Hall–Kier alpha value is -1.05. The quantitative estimate of drug-likeness (QED) is 0.671. The van der Waals surface area contributed by atoms with Crippen LogP contribution in [0.1, 0.15) is 25.0 Å². The summed E-state index contributed by atoms with van der Waals surface area (Å²) >= 11 is 0. The molecule has 0 aliphatic carbocycles. The van der Waals surface area contributed by atoms with Crippen LogP contribution in [0.4, 0.5) is 0 Å². The molecule has 0 N–H and O–H groups in total. The van der Waals surface area contributed by atoms with Gasteiger partial charge in [-0.2, -0.15) is 0 Å². The summed E-state index contributed by atoms with van der Waals surface area (Å²) < 4.78 is 5.49. The van der Waals surface area contributed by atoms with Crippen molar-refractivity contribution >= 4 is 0 Å². The first-order chi connectivity index (χ1) is 5.59. The van der Waals surface area contributed by atoms with Crippen LogP contribution in [0.3, 0.4) is 0 Å². The zero-order chi connectivity index (χ0) is 9.14. The lowest BCUT2D eigenvalue weighted by Crippen LogP contribution is -2.08. The first kappa shape index (κ1) is 9.04. The monoisotopic (exact) mass is 165 g/mol. The predicted molar refractivity (Wildman–Crippen MR) is 49.5 cm³/mol. The standard InChI is InChI=1S/C10H15NO/c1-7(2)12-10-9(4)5-8(3)6-11-10/h5-7H,1-4H3. The lowest BCUT2D eigenvalue weighted by atomic mass is 10.2. The molecule has 0 saturated carbocycles. The number of nitrogens with zero attached hydrogens (tertiary/aromatic N) is 1. The summed E-state index contributed by atoms with van der Waals surface area (Å²) in [6, 6.07) is 2.07. The second kappa shape index (κ2) is 3.57. The van der Waals surface area contributed by atoms with Gasteiger partial charge in [0.05, 0.1) is 6.10 Å². The Kier molecular flexibility index (Phi) is 2.69. The molecule has 2 heteroatoms. The molecule has 0 aliphatic rings. The minimum Gasteiger partial charge on any atom is -0.475 e. The summed E-state index contributed by atoms with van der Waals surface area (Å²) in [7, 11) is 0. The highest BCUT2D eigenvalue weighted by atomic mass is 16.5. The van der Waals surface area contributed by atoms with Gasteiger partial charge in [-0.3, -0.25) is 0 Å². The summed E-state index contributed by atoms with van der Waals surface area (Å²) in [5, 5.41) is 0.